The number of ether oxygens (including phenoxy) is 5. The summed E-state index contributed by atoms with van der Waals surface area (Å²) in [6.07, 6.45) is -0.325. The van der Waals surface area contributed by atoms with Crippen LogP contribution in [0, 0.1) is 0 Å². The van der Waals surface area contributed by atoms with E-state index in [1.165, 1.54) is 11.8 Å². The number of carbonyl (C=O) groups is 4. The molecule has 230 valence electrons. The lowest BCUT2D eigenvalue weighted by molar-refractivity contribution is -0.144. The molecule has 0 spiro atoms. The van der Waals surface area contributed by atoms with Crippen LogP contribution in [0.15, 0.2) is 30.3 Å². The lowest BCUT2D eigenvalue weighted by Gasteiger charge is -2.41. The average molecular weight is 582 g/mol. The summed E-state index contributed by atoms with van der Waals surface area (Å²) >= 11 is 0. The van der Waals surface area contributed by atoms with E-state index in [0.29, 0.717) is 51.7 Å². The van der Waals surface area contributed by atoms with Crippen LogP contribution in [0.2, 0.25) is 0 Å². The highest BCUT2D eigenvalue weighted by atomic mass is 16.7. The molecule has 0 radical (unpaired) electrons. The quantitative estimate of drug-likeness (QED) is 0.132. The fraction of sp³-hybridized carbons (Fsp3) is 0.643. The molecule has 1 aromatic carbocycles. The van der Waals surface area contributed by atoms with Crippen molar-refractivity contribution in [2.24, 2.45) is 0 Å². The Hall–Kier alpha value is -3.26. The third-order valence-electron chi connectivity index (χ3n) is 5.67. The molecular weight excluding hydrogens is 538 g/mol. The summed E-state index contributed by atoms with van der Waals surface area (Å²) in [5, 5.41) is 0. The molecule has 1 saturated heterocycles. The second-order valence-corrected chi connectivity index (χ2v) is 10.2. The van der Waals surface area contributed by atoms with E-state index in [-0.39, 0.29) is 38.6 Å². The first kappa shape index (κ1) is 33.9. The largest absolute Gasteiger partial charge is 0.464 e. The van der Waals surface area contributed by atoms with Gasteiger partial charge < -0.3 is 33.4 Å². The zero-order chi connectivity index (χ0) is 30.1. The van der Waals surface area contributed by atoms with Crippen LogP contribution in [0.1, 0.15) is 44.5 Å². The van der Waals surface area contributed by atoms with Gasteiger partial charge in [0.1, 0.15) is 12.2 Å². The zero-order valence-electron chi connectivity index (χ0n) is 24.4. The maximum atomic E-state index is 12.7. The summed E-state index contributed by atoms with van der Waals surface area (Å²) in [6.45, 7) is 9.81. The number of hydroxylamine groups is 1. The zero-order valence-corrected chi connectivity index (χ0v) is 24.4. The fourth-order valence-electron chi connectivity index (χ4n) is 3.72. The SMILES string of the molecule is CC(=O)OCC1CN(C(=O)CCOCCOCCOCCNOC(=O)c2ccccc2)CCN1C(=O)OC(C)(C)C. The van der Waals surface area contributed by atoms with Gasteiger partial charge in [-0.15, -0.1) is 0 Å². The van der Waals surface area contributed by atoms with Gasteiger partial charge in [-0.25, -0.2) is 9.59 Å². The monoisotopic (exact) mass is 581 g/mol. The van der Waals surface area contributed by atoms with E-state index in [1.807, 2.05) is 6.07 Å². The van der Waals surface area contributed by atoms with Crippen LogP contribution in [-0.2, 0) is 38.1 Å². The normalized spacial score (nSPS) is 15.4. The van der Waals surface area contributed by atoms with E-state index < -0.39 is 29.7 Å². The molecule has 1 aliphatic rings. The number of nitrogens with one attached hydrogen (secondary N) is 1. The van der Waals surface area contributed by atoms with Crippen molar-refractivity contribution in [3.8, 4) is 0 Å². The molecule has 13 nitrogen and oxygen atoms in total. The molecule has 1 atom stereocenters. The summed E-state index contributed by atoms with van der Waals surface area (Å²) in [5.41, 5.74) is 2.36. The van der Waals surface area contributed by atoms with Crippen molar-refractivity contribution in [3.05, 3.63) is 35.9 Å². The molecule has 1 N–H and O–H groups in total. The Morgan fingerprint density at radius 3 is 2.17 bits per heavy atom. The van der Waals surface area contributed by atoms with Crippen molar-refractivity contribution in [1.29, 1.82) is 0 Å². The van der Waals surface area contributed by atoms with Crippen LogP contribution in [0.3, 0.4) is 0 Å². The van der Waals surface area contributed by atoms with Gasteiger partial charge in [-0.05, 0) is 32.9 Å². The third-order valence-corrected chi connectivity index (χ3v) is 5.67. The van der Waals surface area contributed by atoms with Crippen LogP contribution in [0.4, 0.5) is 4.79 Å². The molecule has 2 amide bonds. The number of piperazine rings is 1. The molecule has 0 bridgehead atoms. The predicted molar refractivity (Wildman–Crippen MR) is 147 cm³/mol. The fourth-order valence-corrected chi connectivity index (χ4v) is 3.72. The first-order valence-electron chi connectivity index (χ1n) is 13.7. The van der Waals surface area contributed by atoms with Crippen molar-refractivity contribution in [2.45, 2.75) is 45.8 Å². The molecule has 1 fully saturated rings. The number of rotatable bonds is 16. The summed E-state index contributed by atoms with van der Waals surface area (Å²) < 4.78 is 26.9. The molecule has 1 unspecified atom stereocenters. The summed E-state index contributed by atoms with van der Waals surface area (Å²) in [4.78, 5) is 56.5. The molecule has 13 heteroatoms. The molecular formula is C28H43N3O10. The second kappa shape index (κ2) is 18.2. The molecule has 2 rings (SSSR count). The van der Waals surface area contributed by atoms with Gasteiger partial charge in [-0.1, -0.05) is 18.2 Å². The van der Waals surface area contributed by atoms with Gasteiger partial charge in [-0.2, -0.15) is 5.48 Å². The van der Waals surface area contributed by atoms with E-state index in [4.69, 9.17) is 28.5 Å². The van der Waals surface area contributed by atoms with Crippen LogP contribution in [-0.4, -0.2) is 118 Å². The van der Waals surface area contributed by atoms with Gasteiger partial charge in [0.25, 0.3) is 0 Å². The summed E-state index contributed by atoms with van der Waals surface area (Å²) in [6, 6.07) is 8.17. The Bertz CT molecular complexity index is 954. The van der Waals surface area contributed by atoms with Crippen molar-refractivity contribution in [2.75, 3.05) is 72.4 Å². The molecule has 1 heterocycles. The van der Waals surface area contributed by atoms with Gasteiger partial charge in [0.2, 0.25) is 5.91 Å². The first-order valence-corrected chi connectivity index (χ1v) is 13.7. The van der Waals surface area contributed by atoms with Crippen molar-refractivity contribution < 1.29 is 47.7 Å². The number of esters is 1. The Balaban J connectivity index is 1.52. The van der Waals surface area contributed by atoms with Gasteiger partial charge in [-0.3, -0.25) is 14.5 Å². The first-order chi connectivity index (χ1) is 19.6. The van der Waals surface area contributed by atoms with E-state index in [2.05, 4.69) is 5.48 Å². The van der Waals surface area contributed by atoms with Gasteiger partial charge in [0, 0.05) is 26.6 Å². The lowest BCUT2D eigenvalue weighted by Crippen LogP contribution is -2.59. The van der Waals surface area contributed by atoms with E-state index in [1.54, 1.807) is 49.9 Å². The molecule has 0 aliphatic carbocycles. The smallest absolute Gasteiger partial charge is 0.410 e. The average Bonchev–Trinajstić information content (AvgIpc) is 2.93. The lowest BCUT2D eigenvalue weighted by atomic mass is 10.1. The second-order valence-electron chi connectivity index (χ2n) is 10.2. The maximum Gasteiger partial charge on any atom is 0.410 e. The third kappa shape index (κ3) is 14.3. The number of carbonyl (C=O) groups excluding carboxylic acids is 4. The molecule has 41 heavy (non-hydrogen) atoms. The van der Waals surface area contributed by atoms with Crippen molar-refractivity contribution in [3.63, 3.8) is 0 Å². The van der Waals surface area contributed by atoms with Crippen molar-refractivity contribution in [1.82, 2.24) is 15.3 Å². The van der Waals surface area contributed by atoms with Gasteiger partial charge in [0.15, 0.2) is 0 Å². The topological polar surface area (TPSA) is 142 Å². The minimum Gasteiger partial charge on any atom is -0.464 e. The molecule has 1 aliphatic heterocycles. The highest BCUT2D eigenvalue weighted by Crippen LogP contribution is 2.17. The Morgan fingerprint density at radius 1 is 0.902 bits per heavy atom. The van der Waals surface area contributed by atoms with E-state index in [9.17, 15) is 19.2 Å². The summed E-state index contributed by atoms with van der Waals surface area (Å²) in [5.74, 6) is -1.03. The number of hydrogen-bond donors (Lipinski definition) is 1. The standard InChI is InChI=1S/C28H43N3O10/c1-22(32)39-21-24-20-30(12-13-31(24)27(35)40-28(2,3)4)25(33)10-14-36-16-18-38-19-17-37-15-11-29-41-26(34)23-8-6-5-7-9-23/h5-9,24,29H,10-21H2,1-4H3. The number of hydrogen-bond acceptors (Lipinski definition) is 11. The predicted octanol–water partition coefficient (Wildman–Crippen LogP) is 1.80. The minimum atomic E-state index is -0.664. The van der Waals surface area contributed by atoms with Crippen molar-refractivity contribution >= 4 is 23.9 Å². The number of nitrogens with zero attached hydrogens (tertiary/aromatic N) is 2. The maximum absolute atomic E-state index is 12.7. The Kier molecular flexibility index (Phi) is 15.1. The highest BCUT2D eigenvalue weighted by molar-refractivity contribution is 5.89. The van der Waals surface area contributed by atoms with Gasteiger partial charge in [0.05, 0.1) is 64.2 Å². The van der Waals surface area contributed by atoms with Crippen LogP contribution >= 0.6 is 0 Å². The van der Waals surface area contributed by atoms with E-state index >= 15 is 0 Å². The summed E-state index contributed by atoms with van der Waals surface area (Å²) in [7, 11) is 0. The molecule has 1 aromatic rings. The molecule has 0 saturated carbocycles. The number of amides is 2. The highest BCUT2D eigenvalue weighted by Gasteiger charge is 2.35. The van der Waals surface area contributed by atoms with Crippen LogP contribution in [0.25, 0.3) is 0 Å². The Morgan fingerprint density at radius 2 is 1.54 bits per heavy atom. The number of benzene rings is 1. The van der Waals surface area contributed by atoms with Gasteiger partial charge >= 0.3 is 18.0 Å². The molecule has 0 aromatic heterocycles. The minimum absolute atomic E-state index is 0.0197. The van der Waals surface area contributed by atoms with Crippen LogP contribution < -0.4 is 5.48 Å². The van der Waals surface area contributed by atoms with Crippen LogP contribution in [0.5, 0.6) is 0 Å². The van der Waals surface area contributed by atoms with E-state index in [0.717, 1.165) is 0 Å². The Labute approximate surface area is 241 Å².